The highest BCUT2D eigenvalue weighted by molar-refractivity contribution is 5.90. The van der Waals surface area contributed by atoms with E-state index in [0.29, 0.717) is 35.6 Å². The van der Waals surface area contributed by atoms with Crippen LogP contribution in [0.2, 0.25) is 0 Å². The molecule has 1 amide bonds. The highest BCUT2D eigenvalue weighted by Gasteiger charge is 2.38. The normalized spacial score (nSPS) is 15.8. The Labute approximate surface area is 179 Å². The van der Waals surface area contributed by atoms with Crippen molar-refractivity contribution < 1.29 is 13.6 Å². The minimum absolute atomic E-state index is 0.151. The molecule has 5 aromatic rings. The summed E-state index contributed by atoms with van der Waals surface area (Å²) in [7, 11) is 0. The molecule has 6 rings (SSSR count). The minimum atomic E-state index is -0.637. The van der Waals surface area contributed by atoms with Crippen LogP contribution in [0.1, 0.15) is 33.8 Å². The van der Waals surface area contributed by atoms with Crippen LogP contribution in [-0.4, -0.2) is 52.1 Å². The molecule has 0 fully saturated rings. The molecule has 158 valence electrons. The second-order valence-corrected chi connectivity index (χ2v) is 7.30. The molecule has 0 saturated carbocycles. The maximum absolute atomic E-state index is 14.2. The summed E-state index contributed by atoms with van der Waals surface area (Å²) in [5, 5.41) is 12.3. The molecule has 0 spiro atoms. The Balaban J connectivity index is 1.41. The van der Waals surface area contributed by atoms with Crippen molar-refractivity contribution in [1.29, 1.82) is 0 Å². The Morgan fingerprint density at radius 1 is 1.16 bits per heavy atom. The van der Waals surface area contributed by atoms with Gasteiger partial charge in [0.1, 0.15) is 11.7 Å². The third-order valence-corrected chi connectivity index (χ3v) is 5.42. The Kier molecular flexibility index (Phi) is 4.06. The summed E-state index contributed by atoms with van der Waals surface area (Å²) in [4.78, 5) is 26.7. The maximum atomic E-state index is 14.2. The van der Waals surface area contributed by atoms with Crippen molar-refractivity contribution in [1.82, 2.24) is 39.7 Å². The van der Waals surface area contributed by atoms with E-state index in [4.69, 9.17) is 4.42 Å². The first-order chi connectivity index (χ1) is 15.7. The van der Waals surface area contributed by atoms with Gasteiger partial charge in [0.15, 0.2) is 0 Å². The number of carbonyl (C=O) groups excluding carboxylic acids is 1. The van der Waals surface area contributed by atoms with E-state index in [1.807, 2.05) is 0 Å². The van der Waals surface area contributed by atoms with Crippen LogP contribution < -0.4 is 0 Å². The van der Waals surface area contributed by atoms with E-state index in [9.17, 15) is 9.18 Å². The van der Waals surface area contributed by atoms with Crippen LogP contribution in [0.4, 0.5) is 4.39 Å². The van der Waals surface area contributed by atoms with Gasteiger partial charge in [-0.2, -0.15) is 9.49 Å². The predicted octanol–water partition coefficient (Wildman–Crippen LogP) is 2.43. The third-order valence-electron chi connectivity index (χ3n) is 5.42. The van der Waals surface area contributed by atoms with Crippen LogP contribution in [0.25, 0.3) is 17.1 Å². The summed E-state index contributed by atoms with van der Waals surface area (Å²) in [6.45, 7) is 0.371. The van der Waals surface area contributed by atoms with Gasteiger partial charge in [0.05, 0.1) is 23.2 Å². The second-order valence-electron chi connectivity index (χ2n) is 7.30. The van der Waals surface area contributed by atoms with Gasteiger partial charge in [-0.1, -0.05) is 12.1 Å². The Morgan fingerprint density at radius 3 is 2.94 bits per heavy atom. The Hall–Kier alpha value is -4.41. The van der Waals surface area contributed by atoms with Crippen molar-refractivity contribution in [2.45, 2.75) is 12.5 Å². The number of nitrogens with zero attached hydrogens (tertiary/aromatic N) is 7. The lowest BCUT2D eigenvalue weighted by Gasteiger charge is -2.32. The van der Waals surface area contributed by atoms with Crippen molar-refractivity contribution in [3.8, 4) is 11.6 Å². The number of aromatic nitrogens is 7. The fourth-order valence-corrected chi connectivity index (χ4v) is 3.96. The number of hydrogen-bond donors (Lipinski definition) is 1. The number of rotatable bonds is 3. The number of amides is 1. The molecular formula is C21H15FN8O2. The van der Waals surface area contributed by atoms with E-state index in [1.165, 1.54) is 10.6 Å². The maximum Gasteiger partial charge on any atom is 0.312 e. The molecule has 0 aromatic carbocycles. The number of aromatic amines is 1. The van der Waals surface area contributed by atoms with Gasteiger partial charge in [-0.3, -0.25) is 9.78 Å². The molecule has 11 heteroatoms. The molecule has 6 heterocycles. The number of pyridine rings is 2. The van der Waals surface area contributed by atoms with Crippen LogP contribution >= 0.6 is 0 Å². The van der Waals surface area contributed by atoms with Crippen molar-refractivity contribution in [3.05, 3.63) is 83.9 Å². The number of halogens is 1. The third kappa shape index (κ3) is 2.86. The van der Waals surface area contributed by atoms with Gasteiger partial charge in [-0.05, 0) is 30.3 Å². The number of nitrogens with one attached hydrogen (secondary N) is 1. The minimum Gasteiger partial charge on any atom is -0.411 e. The van der Waals surface area contributed by atoms with Gasteiger partial charge in [0, 0.05) is 24.9 Å². The SMILES string of the molecule is O=C(c1nnc(-c2ccccn2)o1)N1CCc2[nH]cnc2[C@@H]1c1cc2cccc(F)n2n1. The summed E-state index contributed by atoms with van der Waals surface area (Å²) in [6, 6.07) is 11.1. The van der Waals surface area contributed by atoms with Gasteiger partial charge in [-0.15, -0.1) is 10.2 Å². The van der Waals surface area contributed by atoms with Crippen LogP contribution in [-0.2, 0) is 6.42 Å². The lowest BCUT2D eigenvalue weighted by molar-refractivity contribution is 0.0646. The van der Waals surface area contributed by atoms with Crippen LogP contribution in [0.15, 0.2) is 59.4 Å². The fourth-order valence-electron chi connectivity index (χ4n) is 3.96. The van der Waals surface area contributed by atoms with E-state index in [2.05, 4.69) is 30.2 Å². The summed E-state index contributed by atoms with van der Waals surface area (Å²) in [5.74, 6) is -0.972. The van der Waals surface area contributed by atoms with Gasteiger partial charge < -0.3 is 14.3 Å². The lowest BCUT2D eigenvalue weighted by Crippen LogP contribution is -2.41. The smallest absolute Gasteiger partial charge is 0.312 e. The van der Waals surface area contributed by atoms with Gasteiger partial charge >= 0.3 is 11.8 Å². The van der Waals surface area contributed by atoms with Crippen molar-refractivity contribution in [2.75, 3.05) is 6.54 Å². The molecule has 0 unspecified atom stereocenters. The Bertz CT molecular complexity index is 1440. The molecule has 1 aliphatic heterocycles. The second kappa shape index (κ2) is 7.08. The first-order valence-electron chi connectivity index (χ1n) is 9.91. The van der Waals surface area contributed by atoms with Crippen LogP contribution in [0, 0.1) is 5.95 Å². The van der Waals surface area contributed by atoms with Crippen molar-refractivity contribution >= 4 is 11.4 Å². The topological polar surface area (TPSA) is 118 Å². The first kappa shape index (κ1) is 18.4. The van der Waals surface area contributed by atoms with Gasteiger partial charge in [0.25, 0.3) is 5.89 Å². The van der Waals surface area contributed by atoms with E-state index in [1.54, 1.807) is 53.8 Å². The highest BCUT2D eigenvalue weighted by Crippen LogP contribution is 2.34. The quantitative estimate of drug-likeness (QED) is 0.437. The number of imidazole rings is 1. The molecular weight excluding hydrogens is 415 g/mol. The summed E-state index contributed by atoms with van der Waals surface area (Å²) >= 11 is 0. The standard InChI is InChI=1S/C21H15FN8O2/c22-16-6-3-4-12-10-15(28-30(12)16)18-17-13(24-11-25-17)7-9-29(18)21(31)20-27-26-19(32-20)14-5-1-2-8-23-14/h1-6,8,10-11,18H,7,9H2,(H,24,25)/t18-/m0/s1. The van der Waals surface area contributed by atoms with E-state index in [-0.39, 0.29) is 11.8 Å². The monoisotopic (exact) mass is 430 g/mol. The van der Waals surface area contributed by atoms with Gasteiger partial charge in [0.2, 0.25) is 5.95 Å². The van der Waals surface area contributed by atoms with Gasteiger partial charge in [-0.25, -0.2) is 9.50 Å². The van der Waals surface area contributed by atoms with E-state index < -0.39 is 17.9 Å². The number of carbonyl (C=O) groups is 1. The largest absolute Gasteiger partial charge is 0.411 e. The predicted molar refractivity (Wildman–Crippen MR) is 108 cm³/mol. The molecule has 0 aliphatic carbocycles. The summed E-state index contributed by atoms with van der Waals surface area (Å²) in [5.41, 5.74) is 3.08. The number of fused-ring (bicyclic) bond motifs is 2. The average molecular weight is 430 g/mol. The zero-order chi connectivity index (χ0) is 21.7. The molecule has 0 bridgehead atoms. The molecule has 1 atom stereocenters. The van der Waals surface area contributed by atoms with Crippen LogP contribution in [0.5, 0.6) is 0 Å². The van der Waals surface area contributed by atoms with Crippen molar-refractivity contribution in [2.24, 2.45) is 0 Å². The van der Waals surface area contributed by atoms with Crippen LogP contribution in [0.3, 0.4) is 0 Å². The Morgan fingerprint density at radius 2 is 2.09 bits per heavy atom. The van der Waals surface area contributed by atoms with E-state index >= 15 is 0 Å². The molecule has 1 N–H and O–H groups in total. The van der Waals surface area contributed by atoms with Crippen molar-refractivity contribution in [3.63, 3.8) is 0 Å². The highest BCUT2D eigenvalue weighted by atomic mass is 19.1. The van der Waals surface area contributed by atoms with E-state index in [0.717, 1.165) is 5.69 Å². The molecule has 32 heavy (non-hydrogen) atoms. The lowest BCUT2D eigenvalue weighted by atomic mass is 9.99. The average Bonchev–Trinajstić information content (AvgIpc) is 3.58. The molecule has 1 aliphatic rings. The number of hydrogen-bond acceptors (Lipinski definition) is 7. The zero-order valence-electron chi connectivity index (χ0n) is 16.5. The summed E-state index contributed by atoms with van der Waals surface area (Å²) < 4.78 is 21.1. The molecule has 0 saturated heterocycles. The molecule has 10 nitrogen and oxygen atoms in total. The fraction of sp³-hybridized carbons (Fsp3) is 0.143. The molecule has 0 radical (unpaired) electrons. The first-order valence-corrected chi connectivity index (χ1v) is 9.91. The zero-order valence-corrected chi connectivity index (χ0v) is 16.5. The summed E-state index contributed by atoms with van der Waals surface area (Å²) in [6.07, 6.45) is 3.75. The number of H-pyrrole nitrogens is 1. The molecule has 5 aromatic heterocycles.